The van der Waals surface area contributed by atoms with E-state index in [4.69, 9.17) is 4.74 Å². The lowest BCUT2D eigenvalue weighted by atomic mass is 9.86. The quantitative estimate of drug-likeness (QED) is 0.870. The molecule has 1 aliphatic heterocycles. The van der Waals surface area contributed by atoms with Gasteiger partial charge in [-0.3, -0.25) is 4.79 Å². The van der Waals surface area contributed by atoms with Crippen molar-refractivity contribution in [3.05, 3.63) is 35.6 Å². The zero-order valence-electron chi connectivity index (χ0n) is 12.7. The first-order valence-electron chi connectivity index (χ1n) is 7.35. The van der Waals surface area contributed by atoms with Gasteiger partial charge in [0.15, 0.2) is 0 Å². The first-order valence-corrected chi connectivity index (χ1v) is 7.35. The smallest absolute Gasteiger partial charge is 0.232 e. The van der Waals surface area contributed by atoms with Gasteiger partial charge in [0.05, 0.1) is 12.0 Å². The summed E-state index contributed by atoms with van der Waals surface area (Å²) in [5.41, 5.74) is 0.321. The van der Waals surface area contributed by atoms with Crippen molar-refractivity contribution in [2.45, 2.75) is 19.9 Å². The molecule has 0 aromatic heterocycles. The summed E-state index contributed by atoms with van der Waals surface area (Å²) in [7, 11) is 1.62. The molecule has 1 atom stereocenters. The molecular weight excluding hydrogens is 271 g/mol. The Labute approximate surface area is 125 Å². The normalized spacial score (nSPS) is 21.5. The zero-order chi connectivity index (χ0) is 15.3. The number of amides is 1. The molecule has 2 rings (SSSR count). The molecular formula is C16H23FN2O2. The van der Waals surface area contributed by atoms with E-state index in [1.165, 1.54) is 12.1 Å². The Kier molecular flexibility index (Phi) is 5.31. The molecule has 1 unspecified atom stereocenters. The van der Waals surface area contributed by atoms with Gasteiger partial charge in [0, 0.05) is 26.7 Å². The third kappa shape index (κ3) is 3.60. The van der Waals surface area contributed by atoms with Gasteiger partial charge in [-0.1, -0.05) is 12.1 Å². The van der Waals surface area contributed by atoms with Gasteiger partial charge in [-0.15, -0.1) is 0 Å². The number of carbonyl (C=O) groups is 1. The number of benzene rings is 1. The summed E-state index contributed by atoms with van der Waals surface area (Å²) in [6.07, 6.45) is 0.777. The van der Waals surface area contributed by atoms with Crippen LogP contribution in [-0.2, 0) is 16.1 Å². The van der Waals surface area contributed by atoms with Crippen molar-refractivity contribution in [2.75, 3.05) is 33.4 Å². The minimum atomic E-state index is -0.488. The number of nitrogens with one attached hydrogen (secondary N) is 1. The number of hydrogen-bond donors (Lipinski definition) is 1. The van der Waals surface area contributed by atoms with Crippen molar-refractivity contribution >= 4 is 5.91 Å². The molecule has 1 amide bonds. The summed E-state index contributed by atoms with van der Waals surface area (Å²) in [4.78, 5) is 14.7. The maximum Gasteiger partial charge on any atom is 0.232 e. The molecule has 4 nitrogen and oxygen atoms in total. The van der Waals surface area contributed by atoms with Gasteiger partial charge in [-0.2, -0.15) is 0 Å². The van der Waals surface area contributed by atoms with Crippen LogP contribution in [0.25, 0.3) is 0 Å². The molecule has 1 fully saturated rings. The van der Waals surface area contributed by atoms with Gasteiger partial charge < -0.3 is 15.0 Å². The highest BCUT2D eigenvalue weighted by Crippen LogP contribution is 2.29. The molecule has 1 saturated heterocycles. The first kappa shape index (κ1) is 15.9. The average molecular weight is 294 g/mol. The average Bonchev–Trinajstić information content (AvgIpc) is 2.94. The molecule has 0 radical (unpaired) electrons. The van der Waals surface area contributed by atoms with E-state index in [-0.39, 0.29) is 11.7 Å². The highest BCUT2D eigenvalue weighted by atomic mass is 19.1. The molecule has 0 saturated carbocycles. The third-order valence-corrected chi connectivity index (χ3v) is 4.05. The van der Waals surface area contributed by atoms with E-state index in [2.05, 4.69) is 5.32 Å². The first-order chi connectivity index (χ1) is 10.1. The van der Waals surface area contributed by atoms with E-state index in [9.17, 15) is 9.18 Å². The van der Waals surface area contributed by atoms with Crippen LogP contribution in [0, 0.1) is 11.2 Å². The van der Waals surface area contributed by atoms with E-state index in [0.29, 0.717) is 26.2 Å². The van der Waals surface area contributed by atoms with Crippen LogP contribution in [0.1, 0.15) is 18.9 Å². The topological polar surface area (TPSA) is 41.6 Å². The third-order valence-electron chi connectivity index (χ3n) is 4.05. The van der Waals surface area contributed by atoms with Crippen LogP contribution in [-0.4, -0.2) is 44.2 Å². The summed E-state index contributed by atoms with van der Waals surface area (Å²) in [5, 5.41) is 3.24. The van der Waals surface area contributed by atoms with Gasteiger partial charge >= 0.3 is 0 Å². The second-order valence-corrected chi connectivity index (χ2v) is 5.59. The summed E-state index contributed by atoms with van der Waals surface area (Å²) in [6, 6.07) is 6.40. The number of rotatable bonds is 6. The second kappa shape index (κ2) is 7.00. The zero-order valence-corrected chi connectivity index (χ0v) is 12.7. The summed E-state index contributed by atoms with van der Waals surface area (Å²) in [6.45, 7) is 4.85. The van der Waals surface area contributed by atoms with E-state index < -0.39 is 5.41 Å². The molecule has 21 heavy (non-hydrogen) atoms. The van der Waals surface area contributed by atoms with E-state index in [1.807, 2.05) is 13.0 Å². The van der Waals surface area contributed by atoms with Gasteiger partial charge in [0.1, 0.15) is 5.82 Å². The second-order valence-electron chi connectivity index (χ2n) is 5.59. The molecule has 1 N–H and O–H groups in total. The Morgan fingerprint density at radius 1 is 1.52 bits per heavy atom. The number of hydrogen-bond acceptors (Lipinski definition) is 3. The minimum absolute atomic E-state index is 0.0844. The van der Waals surface area contributed by atoms with Crippen LogP contribution in [0.15, 0.2) is 24.3 Å². The lowest BCUT2D eigenvalue weighted by Gasteiger charge is -2.33. The predicted molar refractivity (Wildman–Crippen MR) is 79.3 cm³/mol. The van der Waals surface area contributed by atoms with E-state index >= 15 is 0 Å². The van der Waals surface area contributed by atoms with Crippen LogP contribution in [0.4, 0.5) is 4.39 Å². The largest absolute Gasteiger partial charge is 0.384 e. The molecule has 0 aliphatic carbocycles. The molecule has 1 aromatic carbocycles. The fourth-order valence-electron chi connectivity index (χ4n) is 2.91. The Morgan fingerprint density at radius 2 is 2.33 bits per heavy atom. The van der Waals surface area contributed by atoms with Crippen LogP contribution in [0.5, 0.6) is 0 Å². The van der Waals surface area contributed by atoms with Crippen molar-refractivity contribution in [3.8, 4) is 0 Å². The number of methoxy groups -OCH3 is 1. The van der Waals surface area contributed by atoms with E-state index in [1.54, 1.807) is 18.1 Å². The Hall–Kier alpha value is -1.46. The van der Waals surface area contributed by atoms with Crippen LogP contribution >= 0.6 is 0 Å². The Morgan fingerprint density at radius 3 is 2.90 bits per heavy atom. The Bertz CT molecular complexity index is 487. The standard InChI is InChI=1S/C16H23FN2O2/c1-3-19(10-13-5-4-6-14(17)9-13)15(20)16(12-21-2)7-8-18-11-16/h4-6,9,18H,3,7-8,10-12H2,1-2H3. The lowest BCUT2D eigenvalue weighted by molar-refractivity contribution is -0.144. The van der Waals surface area contributed by atoms with Gasteiger partial charge in [-0.05, 0) is 37.6 Å². The van der Waals surface area contributed by atoms with Crippen LogP contribution < -0.4 is 5.32 Å². The van der Waals surface area contributed by atoms with Gasteiger partial charge in [0.2, 0.25) is 5.91 Å². The van der Waals surface area contributed by atoms with Crippen molar-refractivity contribution in [1.82, 2.24) is 10.2 Å². The summed E-state index contributed by atoms with van der Waals surface area (Å²) in [5.74, 6) is -0.189. The number of halogens is 1. The highest BCUT2D eigenvalue weighted by Gasteiger charge is 2.43. The molecule has 0 spiro atoms. The molecule has 116 valence electrons. The number of carbonyl (C=O) groups excluding carboxylic acids is 1. The SMILES string of the molecule is CCN(Cc1cccc(F)c1)C(=O)C1(COC)CCNC1. The summed E-state index contributed by atoms with van der Waals surface area (Å²) < 4.78 is 18.6. The van der Waals surface area contributed by atoms with Crippen molar-refractivity contribution in [1.29, 1.82) is 0 Å². The number of nitrogens with zero attached hydrogens (tertiary/aromatic N) is 1. The summed E-state index contributed by atoms with van der Waals surface area (Å²) >= 11 is 0. The van der Waals surface area contributed by atoms with Crippen molar-refractivity contribution in [2.24, 2.45) is 5.41 Å². The maximum atomic E-state index is 13.3. The number of ether oxygens (including phenoxy) is 1. The fraction of sp³-hybridized carbons (Fsp3) is 0.562. The minimum Gasteiger partial charge on any atom is -0.384 e. The van der Waals surface area contributed by atoms with Gasteiger partial charge in [-0.25, -0.2) is 4.39 Å². The monoisotopic (exact) mass is 294 g/mol. The molecule has 5 heteroatoms. The van der Waals surface area contributed by atoms with E-state index in [0.717, 1.165) is 18.5 Å². The molecule has 0 bridgehead atoms. The molecule has 1 heterocycles. The van der Waals surface area contributed by atoms with Gasteiger partial charge in [0.25, 0.3) is 0 Å². The van der Waals surface area contributed by atoms with Crippen LogP contribution in [0.2, 0.25) is 0 Å². The van der Waals surface area contributed by atoms with Crippen LogP contribution in [0.3, 0.4) is 0 Å². The Balaban J connectivity index is 2.14. The fourth-order valence-corrected chi connectivity index (χ4v) is 2.91. The molecule has 1 aliphatic rings. The molecule has 1 aromatic rings. The maximum absolute atomic E-state index is 13.3. The van der Waals surface area contributed by atoms with Crippen molar-refractivity contribution < 1.29 is 13.9 Å². The predicted octanol–water partition coefficient (Wildman–Crippen LogP) is 1.80. The lowest BCUT2D eigenvalue weighted by Crippen LogP contribution is -2.47. The van der Waals surface area contributed by atoms with Crippen molar-refractivity contribution in [3.63, 3.8) is 0 Å². The highest BCUT2D eigenvalue weighted by molar-refractivity contribution is 5.83.